The summed E-state index contributed by atoms with van der Waals surface area (Å²) in [4.78, 5) is 11.8. The summed E-state index contributed by atoms with van der Waals surface area (Å²) < 4.78 is 37.7. The molecule has 0 saturated carbocycles. The molecule has 0 aliphatic heterocycles. The number of anilines is 2. The normalized spacial score (nSPS) is 13.1. The summed E-state index contributed by atoms with van der Waals surface area (Å²) in [5.74, 6) is -1.21. The Bertz CT molecular complexity index is 602. The first-order valence-corrected chi connectivity index (χ1v) is 7.83. The second-order valence-electron chi connectivity index (χ2n) is 4.83. The third-order valence-electron chi connectivity index (χ3n) is 2.55. The number of benzene rings is 1. The lowest BCUT2D eigenvalue weighted by molar-refractivity contribution is -0.118. The van der Waals surface area contributed by atoms with Crippen molar-refractivity contribution in [2.75, 3.05) is 16.3 Å². The summed E-state index contributed by atoms with van der Waals surface area (Å²) >= 11 is 0. The Morgan fingerprint density at radius 1 is 1.35 bits per heavy atom. The van der Waals surface area contributed by atoms with E-state index in [1.165, 1.54) is 12.1 Å². The number of nitrogens with two attached hydrogens (primary N) is 1. The predicted octanol–water partition coefficient (Wildman–Crippen LogP) is 1.12. The Morgan fingerprint density at radius 2 is 1.95 bits per heavy atom. The maximum atomic E-state index is 13.5. The topological polar surface area (TPSA) is 101 Å². The lowest BCUT2D eigenvalue weighted by Gasteiger charge is -2.16. The van der Waals surface area contributed by atoms with Gasteiger partial charge in [-0.15, -0.1) is 0 Å². The van der Waals surface area contributed by atoms with E-state index in [2.05, 4.69) is 5.32 Å². The van der Waals surface area contributed by atoms with E-state index in [9.17, 15) is 17.6 Å². The molecule has 1 amide bonds. The zero-order chi connectivity index (χ0) is 15.5. The van der Waals surface area contributed by atoms with Crippen molar-refractivity contribution in [3.05, 3.63) is 24.0 Å². The molecule has 0 saturated heterocycles. The molecule has 6 nitrogen and oxygen atoms in total. The van der Waals surface area contributed by atoms with Gasteiger partial charge < -0.3 is 11.1 Å². The van der Waals surface area contributed by atoms with Gasteiger partial charge in [-0.05, 0) is 24.1 Å². The number of nitrogens with one attached hydrogen (secondary N) is 2. The molecule has 1 aromatic rings. The second-order valence-corrected chi connectivity index (χ2v) is 6.58. The number of carbonyl (C=O) groups excluding carboxylic acids is 1. The lowest BCUT2D eigenvalue weighted by atomic mass is 10.0. The van der Waals surface area contributed by atoms with Crippen LogP contribution in [0.3, 0.4) is 0 Å². The largest absolute Gasteiger partial charge is 0.325 e. The van der Waals surface area contributed by atoms with Gasteiger partial charge in [0.15, 0.2) is 0 Å². The van der Waals surface area contributed by atoms with E-state index in [0.29, 0.717) is 0 Å². The number of rotatable bonds is 5. The van der Waals surface area contributed by atoms with Crippen LogP contribution in [0.25, 0.3) is 0 Å². The van der Waals surface area contributed by atoms with Gasteiger partial charge in [-0.1, -0.05) is 13.8 Å². The van der Waals surface area contributed by atoms with Crippen LogP contribution in [0.15, 0.2) is 18.2 Å². The minimum absolute atomic E-state index is 0.0518. The van der Waals surface area contributed by atoms with Crippen LogP contribution in [0.4, 0.5) is 15.8 Å². The van der Waals surface area contributed by atoms with E-state index >= 15 is 0 Å². The molecule has 0 unspecified atom stereocenters. The molecule has 0 fully saturated rings. The maximum absolute atomic E-state index is 13.5. The Kier molecular flexibility index (Phi) is 5.07. The Morgan fingerprint density at radius 3 is 2.45 bits per heavy atom. The number of halogens is 1. The van der Waals surface area contributed by atoms with Crippen LogP contribution in [0.5, 0.6) is 0 Å². The van der Waals surface area contributed by atoms with Crippen molar-refractivity contribution in [1.82, 2.24) is 0 Å². The van der Waals surface area contributed by atoms with E-state index in [1.54, 1.807) is 13.8 Å². The van der Waals surface area contributed by atoms with Crippen LogP contribution < -0.4 is 15.8 Å². The molecule has 0 aromatic heterocycles. The number of hydrogen-bond acceptors (Lipinski definition) is 4. The SMILES string of the molecule is CC(C)[C@H](N)C(=O)Nc1ccc(F)c(NS(C)(=O)=O)c1. The highest BCUT2D eigenvalue weighted by Crippen LogP contribution is 2.20. The summed E-state index contributed by atoms with van der Waals surface area (Å²) in [6, 6.07) is 2.88. The summed E-state index contributed by atoms with van der Waals surface area (Å²) in [5.41, 5.74) is 5.71. The highest BCUT2D eigenvalue weighted by molar-refractivity contribution is 7.92. The van der Waals surface area contributed by atoms with Crippen molar-refractivity contribution in [3.63, 3.8) is 0 Å². The zero-order valence-electron chi connectivity index (χ0n) is 11.5. The molecule has 0 heterocycles. The van der Waals surface area contributed by atoms with Gasteiger partial charge in [0, 0.05) is 5.69 Å². The fourth-order valence-electron chi connectivity index (χ4n) is 1.41. The van der Waals surface area contributed by atoms with E-state index in [4.69, 9.17) is 5.73 Å². The van der Waals surface area contributed by atoms with Crippen LogP contribution in [0.2, 0.25) is 0 Å². The van der Waals surface area contributed by atoms with Crippen molar-refractivity contribution < 1.29 is 17.6 Å². The van der Waals surface area contributed by atoms with Gasteiger partial charge in [-0.25, -0.2) is 12.8 Å². The fourth-order valence-corrected chi connectivity index (χ4v) is 1.97. The molecule has 0 radical (unpaired) electrons. The van der Waals surface area contributed by atoms with Crippen molar-refractivity contribution >= 4 is 27.3 Å². The summed E-state index contributed by atoms with van der Waals surface area (Å²) in [6.45, 7) is 3.59. The average molecular weight is 303 g/mol. The van der Waals surface area contributed by atoms with Crippen LogP contribution in [-0.4, -0.2) is 26.6 Å². The van der Waals surface area contributed by atoms with Gasteiger partial charge in [0.05, 0.1) is 18.0 Å². The van der Waals surface area contributed by atoms with Gasteiger partial charge in [-0.3, -0.25) is 9.52 Å². The third-order valence-corrected chi connectivity index (χ3v) is 3.14. The van der Waals surface area contributed by atoms with E-state index in [1.807, 2.05) is 4.72 Å². The number of carbonyl (C=O) groups is 1. The monoisotopic (exact) mass is 303 g/mol. The number of sulfonamides is 1. The summed E-state index contributed by atoms with van der Waals surface area (Å²) in [5, 5.41) is 2.51. The molecule has 0 bridgehead atoms. The van der Waals surface area contributed by atoms with Crippen LogP contribution >= 0.6 is 0 Å². The molecular weight excluding hydrogens is 285 g/mol. The first kappa shape index (κ1) is 16.4. The molecule has 0 aliphatic carbocycles. The van der Waals surface area contributed by atoms with Gasteiger partial charge >= 0.3 is 0 Å². The van der Waals surface area contributed by atoms with E-state index in [-0.39, 0.29) is 17.3 Å². The quantitative estimate of drug-likeness (QED) is 0.758. The molecule has 20 heavy (non-hydrogen) atoms. The minimum Gasteiger partial charge on any atom is -0.325 e. The molecule has 8 heteroatoms. The van der Waals surface area contributed by atoms with E-state index < -0.39 is 27.8 Å². The van der Waals surface area contributed by atoms with E-state index in [0.717, 1.165) is 12.3 Å². The highest BCUT2D eigenvalue weighted by atomic mass is 32.2. The van der Waals surface area contributed by atoms with Crippen LogP contribution in [0.1, 0.15) is 13.8 Å². The van der Waals surface area contributed by atoms with Crippen LogP contribution in [-0.2, 0) is 14.8 Å². The summed E-state index contributed by atoms with van der Waals surface area (Å²) in [7, 11) is -3.60. The molecule has 112 valence electrons. The van der Waals surface area contributed by atoms with Crippen molar-refractivity contribution in [2.24, 2.45) is 11.7 Å². The van der Waals surface area contributed by atoms with Crippen LogP contribution in [0, 0.1) is 11.7 Å². The number of amides is 1. The fraction of sp³-hybridized carbons (Fsp3) is 0.417. The molecule has 0 spiro atoms. The van der Waals surface area contributed by atoms with Crippen molar-refractivity contribution in [2.45, 2.75) is 19.9 Å². The van der Waals surface area contributed by atoms with Gasteiger partial charge in [0.25, 0.3) is 0 Å². The van der Waals surface area contributed by atoms with Gasteiger partial charge in [-0.2, -0.15) is 0 Å². The second kappa shape index (κ2) is 6.19. The van der Waals surface area contributed by atoms with Crippen molar-refractivity contribution in [3.8, 4) is 0 Å². The van der Waals surface area contributed by atoms with Gasteiger partial charge in [0.2, 0.25) is 15.9 Å². The lowest BCUT2D eigenvalue weighted by Crippen LogP contribution is -2.39. The Hall–Kier alpha value is -1.67. The smallest absolute Gasteiger partial charge is 0.241 e. The highest BCUT2D eigenvalue weighted by Gasteiger charge is 2.18. The maximum Gasteiger partial charge on any atom is 0.241 e. The van der Waals surface area contributed by atoms with Crippen molar-refractivity contribution in [1.29, 1.82) is 0 Å². The standard InChI is InChI=1S/C12H18FN3O3S/c1-7(2)11(14)12(17)15-8-4-5-9(13)10(6-8)16-20(3,18)19/h4-7,11,16H,14H2,1-3H3,(H,15,17)/t11-/m0/s1. The minimum atomic E-state index is -3.60. The van der Waals surface area contributed by atoms with Gasteiger partial charge in [0.1, 0.15) is 5.82 Å². The molecule has 1 atom stereocenters. The Labute approximate surface area is 117 Å². The third kappa shape index (κ3) is 4.78. The first-order chi connectivity index (χ1) is 9.10. The molecule has 1 rings (SSSR count). The molecular formula is C12H18FN3O3S. The molecule has 0 aliphatic rings. The Balaban J connectivity index is 2.93. The average Bonchev–Trinajstić information content (AvgIpc) is 2.30. The summed E-state index contributed by atoms with van der Waals surface area (Å²) in [6.07, 6.45) is 0.909. The molecule has 4 N–H and O–H groups in total. The number of hydrogen-bond donors (Lipinski definition) is 3. The predicted molar refractivity (Wildman–Crippen MR) is 76.3 cm³/mol. The zero-order valence-corrected chi connectivity index (χ0v) is 12.3. The molecule has 1 aromatic carbocycles. The first-order valence-electron chi connectivity index (χ1n) is 5.94.